The Morgan fingerprint density at radius 3 is 2.64 bits per heavy atom. The van der Waals surface area contributed by atoms with E-state index in [4.69, 9.17) is 5.11 Å². The van der Waals surface area contributed by atoms with Crippen LogP contribution in [0.15, 0.2) is 27.6 Å². The van der Waals surface area contributed by atoms with Crippen molar-refractivity contribution in [3.8, 4) is 0 Å². The van der Waals surface area contributed by atoms with Crippen LogP contribution in [0.3, 0.4) is 0 Å². The number of benzene rings is 1. The lowest BCUT2D eigenvalue weighted by molar-refractivity contribution is -0.140. The minimum absolute atomic E-state index is 0.0756. The van der Waals surface area contributed by atoms with E-state index < -0.39 is 28.0 Å². The van der Waals surface area contributed by atoms with Crippen molar-refractivity contribution in [1.29, 1.82) is 0 Å². The lowest BCUT2D eigenvalue weighted by Gasteiger charge is -2.21. The second-order valence-corrected chi connectivity index (χ2v) is 7.46. The van der Waals surface area contributed by atoms with E-state index in [9.17, 15) is 18.0 Å². The highest BCUT2D eigenvalue weighted by molar-refractivity contribution is 9.10. The summed E-state index contributed by atoms with van der Waals surface area (Å²) < 4.78 is 31.0. The quantitative estimate of drug-likeness (QED) is 0.779. The number of methoxy groups -OCH3 is 1. The zero-order chi connectivity index (χ0) is 16.5. The number of aliphatic carboxylic acids is 1. The molecule has 1 aliphatic heterocycles. The summed E-state index contributed by atoms with van der Waals surface area (Å²) in [6.07, 6.45) is 0.778. The van der Waals surface area contributed by atoms with Gasteiger partial charge in [0.05, 0.1) is 17.6 Å². The number of rotatable bonds is 4. The number of sulfonamides is 1. The SMILES string of the molecule is COC(=O)c1ccc(S(=O)(=O)N2CCCC2C(=O)O)c(Br)c1. The number of hydrogen-bond acceptors (Lipinski definition) is 5. The van der Waals surface area contributed by atoms with Gasteiger partial charge in [0.25, 0.3) is 0 Å². The second kappa shape index (κ2) is 6.35. The van der Waals surface area contributed by atoms with Gasteiger partial charge in [-0.3, -0.25) is 4.79 Å². The summed E-state index contributed by atoms with van der Waals surface area (Å²) in [5, 5.41) is 9.13. The molecule has 0 radical (unpaired) electrons. The summed E-state index contributed by atoms with van der Waals surface area (Å²) in [5.74, 6) is -1.75. The fraction of sp³-hybridized carbons (Fsp3) is 0.385. The van der Waals surface area contributed by atoms with E-state index in [1.807, 2.05) is 0 Å². The molecule has 0 aromatic heterocycles. The van der Waals surface area contributed by atoms with Crippen LogP contribution in [-0.4, -0.2) is 49.5 Å². The predicted molar refractivity (Wildman–Crippen MR) is 80.0 cm³/mol. The number of carbonyl (C=O) groups is 2. The molecule has 0 bridgehead atoms. The molecule has 120 valence electrons. The van der Waals surface area contributed by atoms with Gasteiger partial charge in [0, 0.05) is 11.0 Å². The second-order valence-electron chi connectivity index (χ2n) is 4.75. The molecule has 1 fully saturated rings. The molecule has 22 heavy (non-hydrogen) atoms. The minimum atomic E-state index is -3.96. The molecule has 1 atom stereocenters. The molecule has 0 spiro atoms. The van der Waals surface area contributed by atoms with Crippen LogP contribution in [0.2, 0.25) is 0 Å². The highest BCUT2D eigenvalue weighted by Crippen LogP contribution is 2.31. The lowest BCUT2D eigenvalue weighted by atomic mass is 10.2. The van der Waals surface area contributed by atoms with Crippen LogP contribution in [0.5, 0.6) is 0 Å². The minimum Gasteiger partial charge on any atom is -0.480 e. The van der Waals surface area contributed by atoms with Gasteiger partial charge in [-0.2, -0.15) is 4.31 Å². The molecule has 1 saturated heterocycles. The molecule has 7 nitrogen and oxygen atoms in total. The van der Waals surface area contributed by atoms with Crippen LogP contribution in [0.1, 0.15) is 23.2 Å². The van der Waals surface area contributed by atoms with Crippen molar-refractivity contribution < 1.29 is 27.9 Å². The molecule has 1 aromatic carbocycles. The molecule has 1 aromatic rings. The summed E-state index contributed by atoms with van der Waals surface area (Å²) in [7, 11) is -2.73. The van der Waals surface area contributed by atoms with Crippen LogP contribution in [0.4, 0.5) is 0 Å². The lowest BCUT2D eigenvalue weighted by Crippen LogP contribution is -2.40. The molecule has 0 saturated carbocycles. The van der Waals surface area contributed by atoms with E-state index in [2.05, 4.69) is 20.7 Å². The summed E-state index contributed by atoms with van der Waals surface area (Å²) in [4.78, 5) is 22.5. The number of carbonyl (C=O) groups excluding carboxylic acids is 1. The number of esters is 1. The Kier molecular flexibility index (Phi) is 4.88. The molecule has 9 heteroatoms. The molecule has 2 rings (SSSR count). The molecule has 0 amide bonds. The van der Waals surface area contributed by atoms with Gasteiger partial charge in [-0.15, -0.1) is 0 Å². The maximum Gasteiger partial charge on any atom is 0.337 e. The molecule has 1 unspecified atom stereocenters. The molecule has 1 N–H and O–H groups in total. The Morgan fingerprint density at radius 1 is 1.41 bits per heavy atom. The average Bonchev–Trinajstić information content (AvgIpc) is 2.96. The van der Waals surface area contributed by atoms with Gasteiger partial charge in [-0.25, -0.2) is 13.2 Å². The number of halogens is 1. The van der Waals surface area contributed by atoms with E-state index in [-0.39, 0.29) is 27.9 Å². The highest BCUT2D eigenvalue weighted by atomic mass is 79.9. The Labute approximate surface area is 136 Å². The molecule has 1 heterocycles. The van der Waals surface area contributed by atoms with Crippen molar-refractivity contribution in [1.82, 2.24) is 4.31 Å². The summed E-state index contributed by atoms with van der Waals surface area (Å²) in [5.41, 5.74) is 0.199. The smallest absolute Gasteiger partial charge is 0.337 e. The van der Waals surface area contributed by atoms with Crippen LogP contribution in [-0.2, 0) is 19.6 Å². The van der Waals surface area contributed by atoms with Gasteiger partial charge in [-0.05, 0) is 47.0 Å². The predicted octanol–water partition coefficient (Wildman–Crippen LogP) is 1.47. The number of hydrogen-bond donors (Lipinski definition) is 1. The first-order valence-electron chi connectivity index (χ1n) is 6.41. The topological polar surface area (TPSA) is 101 Å². The Bertz CT molecular complexity index is 717. The maximum atomic E-state index is 12.6. The van der Waals surface area contributed by atoms with Gasteiger partial charge in [-0.1, -0.05) is 0 Å². The number of nitrogens with zero attached hydrogens (tertiary/aromatic N) is 1. The van der Waals surface area contributed by atoms with E-state index in [0.29, 0.717) is 6.42 Å². The summed E-state index contributed by atoms with van der Waals surface area (Å²) in [6, 6.07) is 2.88. The first-order chi connectivity index (χ1) is 10.3. The number of ether oxygens (including phenoxy) is 1. The summed E-state index contributed by atoms with van der Waals surface area (Å²) >= 11 is 3.12. The van der Waals surface area contributed by atoms with Gasteiger partial charge in [0.1, 0.15) is 6.04 Å². The number of carboxylic acid groups (broad SMARTS) is 1. The van der Waals surface area contributed by atoms with Crippen molar-refractivity contribution in [3.63, 3.8) is 0 Å². The Morgan fingerprint density at radius 2 is 2.09 bits per heavy atom. The normalized spacial score (nSPS) is 19.1. The van der Waals surface area contributed by atoms with E-state index in [1.54, 1.807) is 0 Å². The Hall–Kier alpha value is -1.45. The molecular formula is C13H14BrNO6S. The van der Waals surface area contributed by atoms with Gasteiger partial charge in [0.15, 0.2) is 0 Å². The van der Waals surface area contributed by atoms with Crippen molar-refractivity contribution in [2.75, 3.05) is 13.7 Å². The zero-order valence-corrected chi connectivity index (χ0v) is 14.1. The molecule has 0 aliphatic carbocycles. The van der Waals surface area contributed by atoms with Crippen LogP contribution < -0.4 is 0 Å². The van der Waals surface area contributed by atoms with E-state index in [1.165, 1.54) is 25.3 Å². The monoisotopic (exact) mass is 391 g/mol. The zero-order valence-electron chi connectivity index (χ0n) is 11.7. The van der Waals surface area contributed by atoms with Crippen molar-refractivity contribution in [2.45, 2.75) is 23.8 Å². The Balaban J connectivity index is 2.42. The molecule has 1 aliphatic rings. The standard InChI is InChI=1S/C13H14BrNO6S/c1-21-13(18)8-4-5-11(9(14)7-8)22(19,20)15-6-2-3-10(15)12(16)17/h4-5,7,10H,2-3,6H2,1H3,(H,16,17). The fourth-order valence-corrected chi connectivity index (χ4v) is 5.05. The third-order valence-electron chi connectivity index (χ3n) is 3.43. The van der Waals surface area contributed by atoms with Gasteiger partial charge in [0.2, 0.25) is 10.0 Å². The average molecular weight is 392 g/mol. The van der Waals surface area contributed by atoms with Crippen LogP contribution in [0.25, 0.3) is 0 Å². The van der Waals surface area contributed by atoms with Crippen molar-refractivity contribution in [3.05, 3.63) is 28.2 Å². The van der Waals surface area contributed by atoms with Crippen molar-refractivity contribution in [2.24, 2.45) is 0 Å². The maximum absolute atomic E-state index is 12.6. The fourth-order valence-electron chi connectivity index (χ4n) is 2.36. The van der Waals surface area contributed by atoms with E-state index >= 15 is 0 Å². The largest absolute Gasteiger partial charge is 0.480 e. The third-order valence-corrected chi connectivity index (χ3v) is 6.31. The third kappa shape index (κ3) is 3.01. The number of carboxylic acids is 1. The van der Waals surface area contributed by atoms with E-state index in [0.717, 1.165) is 4.31 Å². The molecular weight excluding hydrogens is 378 g/mol. The first kappa shape index (κ1) is 16.9. The van der Waals surface area contributed by atoms with Gasteiger partial charge >= 0.3 is 11.9 Å². The van der Waals surface area contributed by atoms with Crippen LogP contribution in [0, 0.1) is 0 Å². The highest BCUT2D eigenvalue weighted by Gasteiger charge is 2.40. The van der Waals surface area contributed by atoms with Crippen molar-refractivity contribution >= 4 is 37.9 Å². The first-order valence-corrected chi connectivity index (χ1v) is 8.65. The summed E-state index contributed by atoms with van der Waals surface area (Å²) in [6.45, 7) is 0.157. The van der Waals surface area contributed by atoms with Crippen LogP contribution >= 0.6 is 15.9 Å². The van der Waals surface area contributed by atoms with Gasteiger partial charge < -0.3 is 9.84 Å².